The van der Waals surface area contributed by atoms with Crippen molar-refractivity contribution in [2.45, 2.75) is 37.7 Å². The molecule has 2 atom stereocenters. The van der Waals surface area contributed by atoms with Crippen molar-refractivity contribution in [1.29, 1.82) is 0 Å². The fourth-order valence-electron chi connectivity index (χ4n) is 3.75. The Bertz CT molecular complexity index is 653. The molecular formula is C19H25NO2. The smallest absolute Gasteiger partial charge is 0.119 e. The van der Waals surface area contributed by atoms with Gasteiger partial charge >= 0.3 is 0 Å². The third-order valence-electron chi connectivity index (χ3n) is 4.88. The van der Waals surface area contributed by atoms with Gasteiger partial charge in [-0.3, -0.25) is 0 Å². The Morgan fingerprint density at radius 3 is 2.68 bits per heavy atom. The van der Waals surface area contributed by atoms with Crippen LogP contribution in [0, 0.1) is 0 Å². The topological polar surface area (TPSA) is 44.5 Å². The number of fused-ring (bicyclic) bond motifs is 3. The number of methoxy groups -OCH3 is 2. The third kappa shape index (κ3) is 2.71. The zero-order valence-corrected chi connectivity index (χ0v) is 13.5. The minimum Gasteiger partial charge on any atom is -0.497 e. The van der Waals surface area contributed by atoms with Crippen LogP contribution in [0.15, 0.2) is 30.3 Å². The molecule has 0 saturated carbocycles. The van der Waals surface area contributed by atoms with Crippen LogP contribution in [0.3, 0.4) is 0 Å². The van der Waals surface area contributed by atoms with E-state index in [9.17, 15) is 0 Å². The van der Waals surface area contributed by atoms with Gasteiger partial charge in [0.05, 0.1) is 13.2 Å². The average Bonchev–Trinajstić information content (AvgIpc) is 2.58. The van der Waals surface area contributed by atoms with Gasteiger partial charge in [0.25, 0.3) is 0 Å². The maximum Gasteiger partial charge on any atom is 0.119 e. The summed E-state index contributed by atoms with van der Waals surface area (Å²) in [6.45, 7) is 0.758. The molecule has 3 rings (SSSR count). The molecule has 0 amide bonds. The summed E-state index contributed by atoms with van der Waals surface area (Å²) in [5.41, 5.74) is 8.52. The van der Waals surface area contributed by atoms with E-state index in [1.165, 1.54) is 28.3 Å². The summed E-state index contributed by atoms with van der Waals surface area (Å²) in [4.78, 5) is 0. The highest BCUT2D eigenvalue weighted by Gasteiger charge is 2.28. The predicted octanol–water partition coefficient (Wildman–Crippen LogP) is 4.15. The molecule has 22 heavy (non-hydrogen) atoms. The van der Waals surface area contributed by atoms with Gasteiger partial charge in [0.15, 0.2) is 0 Å². The van der Waals surface area contributed by atoms with E-state index in [0.717, 1.165) is 31.6 Å². The third-order valence-corrected chi connectivity index (χ3v) is 4.88. The van der Waals surface area contributed by atoms with Crippen molar-refractivity contribution in [3.05, 3.63) is 41.5 Å². The van der Waals surface area contributed by atoms with Gasteiger partial charge in [-0.2, -0.15) is 0 Å². The van der Waals surface area contributed by atoms with E-state index >= 15 is 0 Å². The number of ether oxygens (including phenoxy) is 2. The first-order valence-electron chi connectivity index (χ1n) is 8.12. The number of hydrogen-bond donors (Lipinski definition) is 1. The van der Waals surface area contributed by atoms with E-state index in [4.69, 9.17) is 15.2 Å². The van der Waals surface area contributed by atoms with Crippen LogP contribution in [0.5, 0.6) is 5.75 Å². The SMILES string of the molecule is COc1ccc2ccc3c(c2c1)C(CCCN)CCC3OC. The molecule has 0 radical (unpaired) electrons. The van der Waals surface area contributed by atoms with Crippen molar-refractivity contribution < 1.29 is 9.47 Å². The van der Waals surface area contributed by atoms with Crippen LogP contribution >= 0.6 is 0 Å². The Kier molecular flexibility index (Phi) is 4.65. The maximum absolute atomic E-state index is 5.73. The van der Waals surface area contributed by atoms with E-state index < -0.39 is 0 Å². The van der Waals surface area contributed by atoms with Gasteiger partial charge in [0, 0.05) is 7.11 Å². The van der Waals surface area contributed by atoms with E-state index in [0.29, 0.717) is 5.92 Å². The number of nitrogens with two attached hydrogens (primary N) is 1. The Balaban J connectivity index is 2.16. The van der Waals surface area contributed by atoms with Crippen LogP contribution in [0.1, 0.15) is 48.8 Å². The van der Waals surface area contributed by atoms with Gasteiger partial charge in [-0.15, -0.1) is 0 Å². The molecule has 0 aromatic heterocycles. The second-order valence-electron chi connectivity index (χ2n) is 6.09. The van der Waals surface area contributed by atoms with E-state index in [-0.39, 0.29) is 6.10 Å². The highest BCUT2D eigenvalue weighted by Crippen LogP contribution is 2.45. The molecule has 3 heteroatoms. The lowest BCUT2D eigenvalue weighted by Crippen LogP contribution is -2.17. The molecule has 1 aliphatic rings. The first-order chi connectivity index (χ1) is 10.8. The summed E-state index contributed by atoms with van der Waals surface area (Å²) in [5, 5.41) is 2.58. The Morgan fingerprint density at radius 1 is 1.14 bits per heavy atom. The van der Waals surface area contributed by atoms with E-state index in [1.807, 2.05) is 13.2 Å². The minimum absolute atomic E-state index is 0.208. The quantitative estimate of drug-likeness (QED) is 0.902. The number of hydrogen-bond acceptors (Lipinski definition) is 3. The molecule has 2 N–H and O–H groups in total. The standard InChI is InChI=1S/C19H25NO2/c1-21-15-8-5-13-6-9-16-18(22-2)10-7-14(4-3-11-20)19(16)17(13)12-15/h5-6,8-9,12,14,18H,3-4,7,10-11,20H2,1-2H3. The highest BCUT2D eigenvalue weighted by molar-refractivity contribution is 5.89. The maximum atomic E-state index is 5.73. The molecule has 0 heterocycles. The molecule has 0 spiro atoms. The molecular weight excluding hydrogens is 274 g/mol. The van der Waals surface area contributed by atoms with Gasteiger partial charge < -0.3 is 15.2 Å². The summed E-state index contributed by atoms with van der Waals surface area (Å²) in [5.74, 6) is 1.48. The van der Waals surface area contributed by atoms with Crippen LogP contribution in [0.25, 0.3) is 10.8 Å². The zero-order chi connectivity index (χ0) is 15.5. The van der Waals surface area contributed by atoms with Crippen molar-refractivity contribution in [3.63, 3.8) is 0 Å². The Hall–Kier alpha value is -1.58. The molecule has 0 fully saturated rings. The summed E-state index contributed by atoms with van der Waals surface area (Å²) < 4.78 is 11.2. The molecule has 2 aromatic rings. The first-order valence-corrected chi connectivity index (χ1v) is 8.12. The van der Waals surface area contributed by atoms with Crippen LogP contribution in [-0.4, -0.2) is 20.8 Å². The molecule has 0 bridgehead atoms. The second kappa shape index (κ2) is 6.67. The van der Waals surface area contributed by atoms with Gasteiger partial charge in [-0.05, 0) is 72.2 Å². The lowest BCUT2D eigenvalue weighted by Gasteiger charge is -2.32. The van der Waals surface area contributed by atoms with Crippen molar-refractivity contribution >= 4 is 10.8 Å². The van der Waals surface area contributed by atoms with Gasteiger partial charge in [0.2, 0.25) is 0 Å². The zero-order valence-electron chi connectivity index (χ0n) is 13.5. The summed E-state index contributed by atoms with van der Waals surface area (Å²) >= 11 is 0. The first kappa shape index (κ1) is 15.3. The molecule has 0 aliphatic heterocycles. The second-order valence-corrected chi connectivity index (χ2v) is 6.09. The van der Waals surface area contributed by atoms with Crippen molar-refractivity contribution in [3.8, 4) is 5.75 Å². The van der Waals surface area contributed by atoms with Crippen molar-refractivity contribution in [2.24, 2.45) is 5.73 Å². The van der Waals surface area contributed by atoms with Gasteiger partial charge in [-0.25, -0.2) is 0 Å². The fourth-order valence-corrected chi connectivity index (χ4v) is 3.75. The van der Waals surface area contributed by atoms with E-state index in [1.54, 1.807) is 7.11 Å². The van der Waals surface area contributed by atoms with Crippen LogP contribution in [0.4, 0.5) is 0 Å². The van der Waals surface area contributed by atoms with Crippen LogP contribution in [-0.2, 0) is 4.74 Å². The molecule has 0 saturated heterocycles. The summed E-state index contributed by atoms with van der Waals surface area (Å²) in [6, 6.07) is 10.8. The fraction of sp³-hybridized carbons (Fsp3) is 0.474. The molecule has 2 unspecified atom stereocenters. The van der Waals surface area contributed by atoms with Crippen LogP contribution < -0.4 is 10.5 Å². The number of benzene rings is 2. The van der Waals surface area contributed by atoms with Crippen molar-refractivity contribution in [2.75, 3.05) is 20.8 Å². The minimum atomic E-state index is 0.208. The molecule has 1 aliphatic carbocycles. The van der Waals surface area contributed by atoms with Gasteiger partial charge in [-0.1, -0.05) is 18.2 Å². The lowest BCUT2D eigenvalue weighted by molar-refractivity contribution is 0.0839. The summed E-state index contributed by atoms with van der Waals surface area (Å²) in [6.07, 6.45) is 4.69. The Labute approximate surface area is 132 Å². The normalized spacial score (nSPS) is 20.9. The van der Waals surface area contributed by atoms with Crippen LogP contribution in [0.2, 0.25) is 0 Å². The molecule has 3 nitrogen and oxygen atoms in total. The Morgan fingerprint density at radius 2 is 1.95 bits per heavy atom. The largest absolute Gasteiger partial charge is 0.497 e. The summed E-state index contributed by atoms with van der Waals surface area (Å²) in [7, 11) is 3.53. The predicted molar refractivity (Wildman–Crippen MR) is 90.5 cm³/mol. The monoisotopic (exact) mass is 299 g/mol. The van der Waals surface area contributed by atoms with Crippen molar-refractivity contribution in [1.82, 2.24) is 0 Å². The van der Waals surface area contributed by atoms with E-state index in [2.05, 4.69) is 24.3 Å². The molecule has 2 aromatic carbocycles. The van der Waals surface area contributed by atoms with Gasteiger partial charge in [0.1, 0.15) is 5.75 Å². The number of rotatable bonds is 5. The molecule has 118 valence electrons. The lowest BCUT2D eigenvalue weighted by atomic mass is 9.76. The highest BCUT2D eigenvalue weighted by atomic mass is 16.5. The average molecular weight is 299 g/mol.